The highest BCUT2D eigenvalue weighted by atomic mass is 16.5. The van der Waals surface area contributed by atoms with Crippen LogP contribution in [0.1, 0.15) is 37.9 Å². The lowest BCUT2D eigenvalue weighted by Crippen LogP contribution is -2.37. The zero-order valence-electron chi connectivity index (χ0n) is 18.3. The summed E-state index contributed by atoms with van der Waals surface area (Å²) in [5, 5.41) is 2.35. The molecule has 0 saturated carbocycles. The largest absolute Gasteiger partial charge is 0.453 e. The number of carbonyl (C=O) groups is 5. The molecule has 3 aromatic carbocycles. The highest BCUT2D eigenvalue weighted by Gasteiger charge is 2.45. The zero-order chi connectivity index (χ0) is 24.9. The Morgan fingerprint density at radius 1 is 0.886 bits per heavy atom. The lowest BCUT2D eigenvalue weighted by molar-refractivity contribution is -0.143. The van der Waals surface area contributed by atoms with Gasteiger partial charge in [-0.15, -0.1) is 0 Å². The Morgan fingerprint density at radius 3 is 2.29 bits per heavy atom. The van der Waals surface area contributed by atoms with E-state index in [9.17, 15) is 24.0 Å². The van der Waals surface area contributed by atoms with E-state index >= 15 is 0 Å². The topological polar surface area (TPSA) is 133 Å². The van der Waals surface area contributed by atoms with Crippen LogP contribution in [0.5, 0.6) is 0 Å². The van der Waals surface area contributed by atoms with E-state index < -0.39 is 41.4 Å². The van der Waals surface area contributed by atoms with Crippen LogP contribution in [0.4, 0.5) is 5.69 Å². The maximum absolute atomic E-state index is 13.3. The van der Waals surface area contributed by atoms with Gasteiger partial charge in [-0.25, -0.2) is 4.79 Å². The second-order valence-corrected chi connectivity index (χ2v) is 7.77. The van der Waals surface area contributed by atoms with E-state index in [0.29, 0.717) is 11.1 Å². The molecule has 0 aliphatic carbocycles. The van der Waals surface area contributed by atoms with Crippen molar-refractivity contribution >= 4 is 41.1 Å². The molecule has 4 rings (SSSR count). The molecule has 174 valence electrons. The normalized spacial score (nSPS) is 15.2. The van der Waals surface area contributed by atoms with E-state index in [4.69, 9.17) is 10.5 Å². The number of fused-ring (bicyclic) bond motifs is 1. The van der Waals surface area contributed by atoms with Gasteiger partial charge in [-0.2, -0.15) is 0 Å². The van der Waals surface area contributed by atoms with Crippen molar-refractivity contribution < 1.29 is 28.7 Å². The van der Waals surface area contributed by atoms with Gasteiger partial charge in [0.25, 0.3) is 11.8 Å². The summed E-state index contributed by atoms with van der Waals surface area (Å²) in [6.07, 6.45) is 1.40. The molecular weight excluding hydrogens is 448 g/mol. The van der Waals surface area contributed by atoms with E-state index in [1.807, 2.05) is 6.07 Å². The van der Waals surface area contributed by atoms with Gasteiger partial charge in [-0.1, -0.05) is 66.7 Å². The van der Waals surface area contributed by atoms with Gasteiger partial charge in [-0.3, -0.25) is 19.2 Å². The molecule has 3 aromatic rings. The van der Waals surface area contributed by atoms with Gasteiger partial charge in [0.1, 0.15) is 12.0 Å². The van der Waals surface area contributed by atoms with Gasteiger partial charge < -0.3 is 15.8 Å². The number of Topliss-reactive ketones (excluding diaryl/α,β-unsaturated/α-hetero) is 1. The van der Waals surface area contributed by atoms with Gasteiger partial charge in [0.2, 0.25) is 5.78 Å². The molecule has 2 unspecified atom stereocenters. The minimum Gasteiger partial charge on any atom is -0.453 e. The van der Waals surface area contributed by atoms with Crippen LogP contribution in [0.2, 0.25) is 0 Å². The number of anilines is 1. The molecule has 8 heteroatoms. The van der Waals surface area contributed by atoms with Crippen molar-refractivity contribution in [3.05, 3.63) is 107 Å². The molecule has 1 aliphatic heterocycles. The summed E-state index contributed by atoms with van der Waals surface area (Å²) < 4.78 is 5.38. The molecule has 0 radical (unpaired) electrons. The Labute approximate surface area is 200 Å². The highest BCUT2D eigenvalue weighted by molar-refractivity contribution is 6.45. The molecule has 0 spiro atoms. The van der Waals surface area contributed by atoms with Gasteiger partial charge in [0.05, 0.1) is 16.8 Å². The summed E-state index contributed by atoms with van der Waals surface area (Å²) in [7, 11) is 0. The first kappa shape index (κ1) is 23.3. The third-order valence-electron chi connectivity index (χ3n) is 5.52. The number of nitrogens with two attached hydrogens (primary N) is 1. The first-order chi connectivity index (χ1) is 16.9. The molecule has 0 aromatic heterocycles. The van der Waals surface area contributed by atoms with Crippen LogP contribution in [0.25, 0.3) is 6.08 Å². The lowest BCUT2D eigenvalue weighted by atomic mass is 9.86. The van der Waals surface area contributed by atoms with E-state index in [0.717, 1.165) is 0 Å². The number of para-hydroxylation sites is 1. The average molecular weight is 468 g/mol. The van der Waals surface area contributed by atoms with Crippen molar-refractivity contribution in [1.29, 1.82) is 0 Å². The third-order valence-corrected chi connectivity index (χ3v) is 5.52. The Hall–Kier alpha value is -4.85. The molecule has 0 bridgehead atoms. The van der Waals surface area contributed by atoms with Gasteiger partial charge in [0.15, 0.2) is 5.78 Å². The van der Waals surface area contributed by atoms with Crippen LogP contribution in [-0.4, -0.2) is 29.4 Å². The number of nitrogens with one attached hydrogen (secondary N) is 1. The number of carbonyl (C=O) groups excluding carboxylic acids is 5. The predicted octanol–water partition coefficient (Wildman–Crippen LogP) is 3.10. The number of allylic oxidation sites excluding steroid dienone is 1. The smallest absolute Gasteiger partial charge is 0.339 e. The lowest BCUT2D eigenvalue weighted by Gasteiger charge is -2.20. The quantitative estimate of drug-likeness (QED) is 0.226. The summed E-state index contributed by atoms with van der Waals surface area (Å²) in [6.45, 7) is 0. The number of cyclic esters (lactones) is 1. The minimum absolute atomic E-state index is 0.00172. The molecule has 2 atom stereocenters. The Morgan fingerprint density at radius 2 is 1.54 bits per heavy atom. The van der Waals surface area contributed by atoms with Crippen molar-refractivity contribution in [1.82, 2.24) is 0 Å². The monoisotopic (exact) mass is 468 g/mol. The number of ether oxygens (including phenoxy) is 1. The number of primary amides is 1. The fraction of sp³-hybridized carbons (Fsp3) is 0.0741. The average Bonchev–Trinajstić information content (AvgIpc) is 3.19. The van der Waals surface area contributed by atoms with E-state index in [2.05, 4.69) is 5.32 Å². The summed E-state index contributed by atoms with van der Waals surface area (Å²) in [6, 6.07) is 21.2. The molecule has 35 heavy (non-hydrogen) atoms. The Balaban J connectivity index is 1.68. The van der Waals surface area contributed by atoms with Crippen LogP contribution in [0.15, 0.2) is 84.9 Å². The highest BCUT2D eigenvalue weighted by Crippen LogP contribution is 2.37. The SMILES string of the molecule is NC(=O)c1ccccc1NC(=O)C(=O)C(C(=O)C=Cc1ccccc1)C1OC(=O)c2ccccc21. The summed E-state index contributed by atoms with van der Waals surface area (Å²) in [4.78, 5) is 63.5. The molecule has 3 N–H and O–H groups in total. The number of esters is 1. The van der Waals surface area contributed by atoms with Gasteiger partial charge >= 0.3 is 5.97 Å². The number of ketones is 2. The van der Waals surface area contributed by atoms with E-state index in [-0.39, 0.29) is 16.8 Å². The minimum atomic E-state index is -1.64. The summed E-state index contributed by atoms with van der Waals surface area (Å²) in [5.74, 6) is -6.12. The van der Waals surface area contributed by atoms with Crippen LogP contribution < -0.4 is 11.1 Å². The number of amides is 2. The molecule has 1 heterocycles. The number of benzene rings is 3. The van der Waals surface area contributed by atoms with Crippen LogP contribution >= 0.6 is 0 Å². The van der Waals surface area contributed by atoms with Crippen molar-refractivity contribution in [3.63, 3.8) is 0 Å². The maximum atomic E-state index is 13.3. The molecule has 0 fully saturated rings. The van der Waals surface area contributed by atoms with Crippen LogP contribution in [0.3, 0.4) is 0 Å². The number of hydrogen-bond acceptors (Lipinski definition) is 6. The predicted molar refractivity (Wildman–Crippen MR) is 127 cm³/mol. The Bertz CT molecular complexity index is 1360. The number of hydrogen-bond donors (Lipinski definition) is 2. The fourth-order valence-corrected chi connectivity index (χ4v) is 3.82. The zero-order valence-corrected chi connectivity index (χ0v) is 18.3. The van der Waals surface area contributed by atoms with Crippen molar-refractivity contribution in [3.8, 4) is 0 Å². The molecule has 0 saturated heterocycles. The molecular formula is C27H20N2O6. The second kappa shape index (κ2) is 9.96. The maximum Gasteiger partial charge on any atom is 0.339 e. The fourth-order valence-electron chi connectivity index (χ4n) is 3.82. The summed E-state index contributed by atoms with van der Waals surface area (Å²) in [5.41, 5.74) is 6.62. The Kier molecular flexibility index (Phi) is 6.64. The van der Waals surface area contributed by atoms with E-state index in [1.165, 1.54) is 30.4 Å². The standard InChI is InChI=1S/C27H20N2O6/c28-25(32)19-12-6-7-13-20(19)29-26(33)23(31)22(21(30)15-14-16-8-2-1-3-9-16)24-17-10-4-5-11-18(17)27(34)35-24/h1-15,22,24H,(H2,28,32)(H,29,33). The first-order valence-corrected chi connectivity index (χ1v) is 10.7. The third kappa shape index (κ3) is 4.91. The van der Waals surface area contributed by atoms with Gasteiger partial charge in [0, 0.05) is 5.56 Å². The van der Waals surface area contributed by atoms with Crippen molar-refractivity contribution in [2.24, 2.45) is 11.7 Å². The van der Waals surface area contributed by atoms with Gasteiger partial charge in [-0.05, 0) is 29.8 Å². The first-order valence-electron chi connectivity index (χ1n) is 10.7. The molecule has 1 aliphatic rings. The summed E-state index contributed by atoms with van der Waals surface area (Å²) >= 11 is 0. The second-order valence-electron chi connectivity index (χ2n) is 7.77. The molecule has 2 amide bonds. The van der Waals surface area contributed by atoms with Crippen molar-refractivity contribution in [2.45, 2.75) is 6.10 Å². The van der Waals surface area contributed by atoms with Crippen molar-refractivity contribution in [2.75, 3.05) is 5.32 Å². The number of rotatable bonds is 8. The molecule has 8 nitrogen and oxygen atoms in total. The van der Waals surface area contributed by atoms with Crippen LogP contribution in [0, 0.1) is 5.92 Å². The van der Waals surface area contributed by atoms with Crippen LogP contribution in [-0.2, 0) is 19.1 Å². The van der Waals surface area contributed by atoms with E-state index in [1.54, 1.807) is 54.6 Å².